The number of hydrogen-bond donors (Lipinski definition) is 2. The Kier molecular flexibility index (Phi) is 3.23. The van der Waals surface area contributed by atoms with Crippen LogP contribution in [0.5, 0.6) is 0 Å². The number of amides is 1. The van der Waals surface area contributed by atoms with E-state index in [1.807, 2.05) is 19.1 Å². The molecule has 0 spiro atoms. The van der Waals surface area contributed by atoms with Crippen molar-refractivity contribution in [3.05, 3.63) is 35.4 Å². The van der Waals surface area contributed by atoms with Crippen LogP contribution in [-0.2, 0) is 4.79 Å². The minimum absolute atomic E-state index is 0.0330. The molecule has 0 aliphatic carbocycles. The van der Waals surface area contributed by atoms with Gasteiger partial charge in [-0.05, 0) is 12.5 Å². The molecule has 0 radical (unpaired) electrons. The van der Waals surface area contributed by atoms with Crippen molar-refractivity contribution >= 4 is 11.6 Å². The summed E-state index contributed by atoms with van der Waals surface area (Å²) in [6.07, 6.45) is 0. The molecule has 14 heavy (non-hydrogen) atoms. The monoisotopic (exact) mass is 192 g/mol. The van der Waals surface area contributed by atoms with Crippen LogP contribution in [0.3, 0.4) is 0 Å². The molecule has 1 amide bonds. The highest BCUT2D eigenvalue weighted by molar-refractivity contribution is 6.45. The minimum Gasteiger partial charge on any atom is -0.410 e. The fourth-order valence-corrected chi connectivity index (χ4v) is 1.18. The van der Waals surface area contributed by atoms with E-state index in [2.05, 4.69) is 10.5 Å². The number of nitrogens with zero attached hydrogens (tertiary/aromatic N) is 1. The molecule has 1 rings (SSSR count). The van der Waals surface area contributed by atoms with Gasteiger partial charge in [0.15, 0.2) is 5.71 Å². The Balaban J connectivity index is 3.15. The minimum atomic E-state index is -0.401. The van der Waals surface area contributed by atoms with Gasteiger partial charge in [0.1, 0.15) is 0 Å². The van der Waals surface area contributed by atoms with Crippen molar-refractivity contribution < 1.29 is 10.0 Å². The summed E-state index contributed by atoms with van der Waals surface area (Å²) >= 11 is 0. The van der Waals surface area contributed by atoms with Crippen LogP contribution >= 0.6 is 0 Å². The zero-order chi connectivity index (χ0) is 10.6. The molecule has 1 aromatic rings. The quantitative estimate of drug-likeness (QED) is 0.416. The van der Waals surface area contributed by atoms with Gasteiger partial charge >= 0.3 is 0 Å². The molecule has 0 saturated heterocycles. The molecule has 74 valence electrons. The lowest BCUT2D eigenvalue weighted by molar-refractivity contribution is -0.114. The van der Waals surface area contributed by atoms with Gasteiger partial charge in [-0.15, -0.1) is 0 Å². The molecular formula is C10H12N2O2. The fourth-order valence-electron chi connectivity index (χ4n) is 1.18. The van der Waals surface area contributed by atoms with Crippen molar-refractivity contribution in [2.24, 2.45) is 5.16 Å². The summed E-state index contributed by atoms with van der Waals surface area (Å²) in [6.45, 7) is 1.85. The highest BCUT2D eigenvalue weighted by Crippen LogP contribution is 2.08. The van der Waals surface area contributed by atoms with E-state index in [0.29, 0.717) is 5.56 Å². The number of benzene rings is 1. The molecule has 0 saturated carbocycles. The molecule has 0 unspecified atom stereocenters. The summed E-state index contributed by atoms with van der Waals surface area (Å²) in [5, 5.41) is 14.1. The highest BCUT2D eigenvalue weighted by atomic mass is 16.4. The van der Waals surface area contributed by atoms with E-state index in [0.717, 1.165) is 5.56 Å². The molecule has 0 bridgehead atoms. The largest absolute Gasteiger partial charge is 0.410 e. The molecule has 0 aromatic heterocycles. The van der Waals surface area contributed by atoms with Crippen LogP contribution < -0.4 is 5.32 Å². The zero-order valence-electron chi connectivity index (χ0n) is 8.11. The van der Waals surface area contributed by atoms with Gasteiger partial charge in [0.05, 0.1) is 0 Å². The Bertz CT molecular complexity index is 372. The average molecular weight is 192 g/mol. The van der Waals surface area contributed by atoms with Crippen molar-refractivity contribution in [3.8, 4) is 0 Å². The first kappa shape index (κ1) is 10.2. The van der Waals surface area contributed by atoms with Crippen molar-refractivity contribution in [1.82, 2.24) is 5.32 Å². The number of carbonyl (C=O) groups is 1. The molecule has 0 aliphatic heterocycles. The topological polar surface area (TPSA) is 61.7 Å². The first-order valence-corrected chi connectivity index (χ1v) is 4.21. The van der Waals surface area contributed by atoms with E-state index >= 15 is 0 Å². The van der Waals surface area contributed by atoms with Crippen LogP contribution in [0.25, 0.3) is 0 Å². The lowest BCUT2D eigenvalue weighted by atomic mass is 10.0. The first-order valence-electron chi connectivity index (χ1n) is 4.21. The molecule has 0 heterocycles. The third-order valence-electron chi connectivity index (χ3n) is 1.94. The molecule has 4 nitrogen and oxygen atoms in total. The Hall–Kier alpha value is -1.84. The number of rotatable bonds is 2. The van der Waals surface area contributed by atoms with Crippen LogP contribution in [0.2, 0.25) is 0 Å². The van der Waals surface area contributed by atoms with Crippen LogP contribution in [0, 0.1) is 6.92 Å². The maximum atomic E-state index is 11.3. The predicted octanol–water partition coefficient (Wildman–Crippen LogP) is 0.919. The van der Waals surface area contributed by atoms with Gasteiger partial charge in [-0.1, -0.05) is 29.4 Å². The van der Waals surface area contributed by atoms with Crippen molar-refractivity contribution in [1.29, 1.82) is 0 Å². The van der Waals surface area contributed by atoms with Gasteiger partial charge in [-0.25, -0.2) is 0 Å². The first-order chi connectivity index (χ1) is 6.70. The molecule has 0 atom stereocenters. The Morgan fingerprint density at radius 2 is 2.07 bits per heavy atom. The number of aryl methyl sites for hydroxylation is 1. The summed E-state index contributed by atoms with van der Waals surface area (Å²) < 4.78 is 0. The van der Waals surface area contributed by atoms with Crippen LogP contribution in [0.4, 0.5) is 0 Å². The van der Waals surface area contributed by atoms with E-state index in [9.17, 15) is 4.79 Å². The Morgan fingerprint density at radius 1 is 1.43 bits per heavy atom. The third kappa shape index (κ3) is 1.90. The number of nitrogens with one attached hydrogen (secondary N) is 1. The summed E-state index contributed by atoms with van der Waals surface area (Å²) in [6, 6.07) is 7.23. The molecule has 0 fully saturated rings. The van der Waals surface area contributed by atoms with Crippen LogP contribution in [-0.4, -0.2) is 23.9 Å². The van der Waals surface area contributed by atoms with Gasteiger partial charge in [0, 0.05) is 12.6 Å². The molecule has 0 aliphatic rings. The second-order valence-corrected chi connectivity index (χ2v) is 2.84. The fraction of sp³-hybridized carbons (Fsp3) is 0.200. The normalized spacial score (nSPS) is 11.1. The second kappa shape index (κ2) is 4.41. The number of likely N-dealkylation sites (N-methyl/N-ethyl adjacent to an activating group) is 1. The molecule has 2 N–H and O–H groups in total. The number of hydrogen-bond acceptors (Lipinski definition) is 3. The maximum absolute atomic E-state index is 11.3. The molecule has 1 aromatic carbocycles. The lowest BCUT2D eigenvalue weighted by Gasteiger charge is -2.05. The van der Waals surface area contributed by atoms with E-state index in [-0.39, 0.29) is 5.71 Å². The lowest BCUT2D eigenvalue weighted by Crippen LogP contribution is -2.28. The summed E-state index contributed by atoms with van der Waals surface area (Å²) in [4.78, 5) is 11.3. The molecular weight excluding hydrogens is 180 g/mol. The summed E-state index contributed by atoms with van der Waals surface area (Å²) in [5.74, 6) is -0.401. The highest BCUT2D eigenvalue weighted by Gasteiger charge is 2.14. The number of carbonyl (C=O) groups excluding carboxylic acids is 1. The van der Waals surface area contributed by atoms with Gasteiger partial charge in [-0.2, -0.15) is 0 Å². The van der Waals surface area contributed by atoms with E-state index in [1.54, 1.807) is 12.1 Å². The predicted molar refractivity (Wildman–Crippen MR) is 53.6 cm³/mol. The zero-order valence-corrected chi connectivity index (χ0v) is 8.11. The van der Waals surface area contributed by atoms with Gasteiger partial charge < -0.3 is 10.5 Å². The van der Waals surface area contributed by atoms with Gasteiger partial charge in [0.25, 0.3) is 5.91 Å². The average Bonchev–Trinajstić information content (AvgIpc) is 2.21. The Morgan fingerprint density at radius 3 is 2.57 bits per heavy atom. The standard InChI is InChI=1S/C10H12N2O2/c1-7-5-3-4-6-8(7)9(12-14)10(13)11-2/h3-6,14H,1-2H3,(H,11,13)/b12-9+. The Labute approximate surface area is 82.2 Å². The van der Waals surface area contributed by atoms with Crippen LogP contribution in [0.1, 0.15) is 11.1 Å². The third-order valence-corrected chi connectivity index (χ3v) is 1.94. The van der Waals surface area contributed by atoms with E-state index < -0.39 is 5.91 Å². The number of oxime groups is 1. The summed E-state index contributed by atoms with van der Waals surface area (Å²) in [7, 11) is 1.49. The van der Waals surface area contributed by atoms with Crippen LogP contribution in [0.15, 0.2) is 29.4 Å². The van der Waals surface area contributed by atoms with Crippen molar-refractivity contribution in [3.63, 3.8) is 0 Å². The van der Waals surface area contributed by atoms with E-state index in [1.165, 1.54) is 7.05 Å². The van der Waals surface area contributed by atoms with Crippen molar-refractivity contribution in [2.75, 3.05) is 7.05 Å². The molecule has 4 heteroatoms. The SMILES string of the molecule is CNC(=O)/C(=N/O)c1ccccc1C. The van der Waals surface area contributed by atoms with Gasteiger partial charge in [0.2, 0.25) is 0 Å². The van der Waals surface area contributed by atoms with E-state index in [4.69, 9.17) is 5.21 Å². The maximum Gasteiger partial charge on any atom is 0.273 e. The van der Waals surface area contributed by atoms with Gasteiger partial charge in [-0.3, -0.25) is 4.79 Å². The smallest absolute Gasteiger partial charge is 0.273 e. The van der Waals surface area contributed by atoms with Crippen molar-refractivity contribution in [2.45, 2.75) is 6.92 Å². The second-order valence-electron chi connectivity index (χ2n) is 2.84. The summed E-state index contributed by atoms with van der Waals surface area (Å²) in [5.41, 5.74) is 1.56.